The smallest absolute Gasteiger partial charge is 0.201 e. The van der Waals surface area contributed by atoms with E-state index in [1.807, 2.05) is 152 Å². The number of hydrogen-bond donors (Lipinski definition) is 0. The molecule has 17 rings (SSSR count). The van der Waals surface area contributed by atoms with Crippen molar-refractivity contribution in [1.29, 1.82) is 0 Å². The molecule has 5 heterocycles. The first-order valence-corrected chi connectivity index (χ1v) is 44.6. The Morgan fingerprint density at radius 3 is 1.11 bits per heavy atom. The van der Waals surface area contributed by atoms with Crippen LogP contribution >= 0.6 is 0 Å². The third-order valence-electron chi connectivity index (χ3n) is 19.8. The molecule has 0 unspecified atom stereocenters. The second kappa shape index (κ2) is 56.5. The molecule has 0 bridgehead atoms. The lowest BCUT2D eigenvalue weighted by atomic mass is 9.94. The summed E-state index contributed by atoms with van der Waals surface area (Å²) >= 11 is 0. The number of fused-ring (bicyclic) bond motifs is 9. The number of hydrogen-bond acceptors (Lipinski definition) is 0. The van der Waals surface area contributed by atoms with Gasteiger partial charge in [-0.3, -0.25) is 0 Å². The molecule has 3 aliphatic carbocycles. The summed E-state index contributed by atoms with van der Waals surface area (Å²) in [6.07, 6.45) is 14.5. The Morgan fingerprint density at radius 2 is 0.607 bits per heavy atom. The molecule has 9 aromatic carbocycles. The monoisotopic (exact) mass is 1570 g/mol. The molecular formula is C112H152N5+5. The first-order chi connectivity index (χ1) is 57.3. The summed E-state index contributed by atoms with van der Waals surface area (Å²) in [5, 5.41) is 3.86. The molecule has 0 aliphatic heterocycles. The summed E-state index contributed by atoms with van der Waals surface area (Å²) in [5.74, 6) is 0. The molecule has 0 radical (unpaired) electrons. The third kappa shape index (κ3) is 26.1. The van der Waals surface area contributed by atoms with Gasteiger partial charge in [-0.25, -0.2) is 18.3 Å². The van der Waals surface area contributed by atoms with Crippen LogP contribution in [0.1, 0.15) is 220 Å². The quantitative estimate of drug-likeness (QED) is 0.153. The maximum Gasteiger partial charge on any atom is 0.220 e. The number of aryl methyl sites for hydroxylation is 11. The number of nitrogens with zero attached hydrogens (tertiary/aromatic N) is 5. The van der Waals surface area contributed by atoms with Crippen molar-refractivity contribution in [3.63, 3.8) is 0 Å². The lowest BCUT2D eigenvalue weighted by molar-refractivity contribution is -0.660. The average molecular weight is 1570 g/mol. The molecule has 3 aliphatic rings. The van der Waals surface area contributed by atoms with E-state index in [2.05, 4.69) is 372 Å². The van der Waals surface area contributed by atoms with Gasteiger partial charge >= 0.3 is 0 Å². The second-order valence-corrected chi connectivity index (χ2v) is 25.9. The van der Waals surface area contributed by atoms with Crippen LogP contribution in [0.25, 0.3) is 100 Å². The summed E-state index contributed by atoms with van der Waals surface area (Å²) in [6, 6.07) is 91.0. The van der Waals surface area contributed by atoms with Crippen LogP contribution in [0, 0.1) is 34.6 Å². The highest BCUT2D eigenvalue weighted by Gasteiger charge is 2.30. The zero-order valence-corrected chi connectivity index (χ0v) is 78.8. The van der Waals surface area contributed by atoms with Gasteiger partial charge in [-0.2, -0.15) is 4.57 Å². The van der Waals surface area contributed by atoms with E-state index in [4.69, 9.17) is 0 Å². The molecule has 0 fully saturated rings. The molecular weight excluding hydrogens is 1420 g/mol. The summed E-state index contributed by atoms with van der Waals surface area (Å²) < 4.78 is 11.2. The normalized spacial score (nSPS) is 10.2. The lowest BCUT2D eigenvalue weighted by Crippen LogP contribution is -2.32. The van der Waals surface area contributed by atoms with Gasteiger partial charge in [0.15, 0.2) is 24.8 Å². The van der Waals surface area contributed by atoms with Gasteiger partial charge in [-0.15, -0.1) is 0 Å². The molecule has 5 aromatic heterocycles. The summed E-state index contributed by atoms with van der Waals surface area (Å²) in [7, 11) is 10.7. The van der Waals surface area contributed by atoms with Crippen LogP contribution in [-0.4, -0.2) is 0 Å². The Balaban J connectivity index is 0.000000468. The molecule has 5 nitrogen and oxygen atoms in total. The van der Waals surface area contributed by atoms with Crippen molar-refractivity contribution in [2.45, 2.75) is 219 Å². The van der Waals surface area contributed by atoms with Crippen LogP contribution in [0.4, 0.5) is 0 Å². The first kappa shape index (κ1) is 102. The van der Waals surface area contributed by atoms with E-state index in [0.29, 0.717) is 0 Å². The molecule has 0 saturated heterocycles. The predicted octanol–water partition coefficient (Wildman–Crippen LogP) is 29.7. The Labute approximate surface area is 713 Å². The van der Waals surface area contributed by atoms with Crippen molar-refractivity contribution in [1.82, 2.24) is 0 Å². The van der Waals surface area contributed by atoms with E-state index in [-0.39, 0.29) is 0 Å². The van der Waals surface area contributed by atoms with Crippen LogP contribution in [-0.2, 0) is 60.9 Å². The largest absolute Gasteiger partial charge is 0.220 e. The molecule has 620 valence electrons. The Bertz CT molecular complexity index is 5040. The first-order valence-electron chi connectivity index (χ1n) is 44.6. The predicted molar refractivity (Wildman–Crippen MR) is 517 cm³/mol. The van der Waals surface area contributed by atoms with E-state index in [1.54, 1.807) is 11.1 Å². The van der Waals surface area contributed by atoms with Gasteiger partial charge in [0.05, 0.1) is 10.9 Å². The van der Waals surface area contributed by atoms with Crippen molar-refractivity contribution in [2.24, 2.45) is 35.2 Å². The molecule has 14 aromatic rings. The molecule has 0 spiro atoms. The highest BCUT2D eigenvalue weighted by molar-refractivity contribution is 5.93. The number of benzene rings is 9. The molecule has 0 amide bonds. The fourth-order valence-electron chi connectivity index (χ4n) is 14.8. The minimum Gasteiger partial charge on any atom is -0.201 e. The average Bonchev–Trinajstić information content (AvgIpc) is 1.62. The number of aromatic nitrogens is 5. The fourth-order valence-corrected chi connectivity index (χ4v) is 14.8. The molecule has 0 N–H and O–H groups in total. The summed E-state index contributed by atoms with van der Waals surface area (Å²) in [5.41, 5.74) is 35.7. The Morgan fingerprint density at radius 1 is 0.222 bits per heavy atom. The highest BCUT2D eigenvalue weighted by Crippen LogP contribution is 2.43. The van der Waals surface area contributed by atoms with Crippen molar-refractivity contribution in [3.8, 4) is 78.5 Å². The number of para-hydroxylation sites is 1. The number of rotatable bonds is 5. The maximum atomic E-state index is 2.28. The zero-order chi connectivity index (χ0) is 87.7. The SMILES string of the molecule is CC.CC.CC.CC.CC.CC.CC.CC.CC.CC.CC.Cc1ccc2c(c1-c1cccc[n+]1C)Cc1ccccc1-2.Cc1ccccc1-c1c2c(cc[n+]1C)-c1ccccc1C2.Cc1ccccc1-c1c2c(cc[n+]1C)CCC2.Cc1ccccc1-c1c2ccccc2cc[n+]1C.Cc1ccccc1-c1ccc2ccccc2[n+]1C. The van der Waals surface area contributed by atoms with Gasteiger partial charge in [-0.05, 0) is 187 Å². The van der Waals surface area contributed by atoms with Crippen LogP contribution in [0.15, 0.2) is 280 Å². The Kier molecular flexibility index (Phi) is 49.4. The minimum absolute atomic E-state index is 1.03. The Hall–Kier alpha value is -10.8. The topological polar surface area (TPSA) is 19.4 Å². The summed E-state index contributed by atoms with van der Waals surface area (Å²) in [6.45, 7) is 54.9. The van der Waals surface area contributed by atoms with Gasteiger partial charge in [0.2, 0.25) is 34.0 Å². The van der Waals surface area contributed by atoms with E-state index >= 15 is 0 Å². The summed E-state index contributed by atoms with van der Waals surface area (Å²) in [4.78, 5) is 0. The van der Waals surface area contributed by atoms with Crippen LogP contribution in [0.5, 0.6) is 0 Å². The van der Waals surface area contributed by atoms with Gasteiger partial charge in [0.25, 0.3) is 0 Å². The van der Waals surface area contributed by atoms with Crippen molar-refractivity contribution < 1.29 is 22.8 Å². The fraction of sp³-hybridized carbons (Fsp3) is 0.330. The van der Waals surface area contributed by atoms with Crippen LogP contribution < -0.4 is 22.8 Å². The lowest BCUT2D eigenvalue weighted by Gasteiger charge is -2.10. The second-order valence-electron chi connectivity index (χ2n) is 25.9. The minimum atomic E-state index is 1.03. The third-order valence-corrected chi connectivity index (χ3v) is 19.8. The highest BCUT2D eigenvalue weighted by atomic mass is 14.9. The van der Waals surface area contributed by atoms with Crippen molar-refractivity contribution in [2.75, 3.05) is 0 Å². The molecule has 117 heavy (non-hydrogen) atoms. The van der Waals surface area contributed by atoms with E-state index in [9.17, 15) is 0 Å². The molecule has 0 saturated carbocycles. The maximum absolute atomic E-state index is 2.28. The van der Waals surface area contributed by atoms with E-state index in [1.165, 1.54) is 170 Å². The molecule has 5 heteroatoms. The number of pyridine rings is 5. The van der Waals surface area contributed by atoms with Gasteiger partial charge < -0.3 is 0 Å². The van der Waals surface area contributed by atoms with Gasteiger partial charge in [0.1, 0.15) is 35.2 Å². The van der Waals surface area contributed by atoms with Gasteiger partial charge in [0, 0.05) is 87.7 Å². The van der Waals surface area contributed by atoms with Crippen LogP contribution in [0.2, 0.25) is 0 Å². The van der Waals surface area contributed by atoms with Crippen molar-refractivity contribution >= 4 is 21.7 Å². The standard InChI is InChI=1S/2C20H18N.2C17H16N.C16H18N.11C2H6/c1-14-7-3-5-9-16(14)20-19-13-15-8-4-6-10-17(15)18(19)11-12-21(20)2;1-14-10-11-17-16-8-4-3-7-15(16)13-18(17)20(14)19-9-5-6-12-21(19)2;1-13-7-3-5-9-15(13)17-16-10-6-4-8-14(16)11-12-18(17)2;1-13-7-3-5-9-15(13)17-12-11-14-8-4-6-10-16(14)18(17)2;1-12-6-3-4-8-14(12)16-15-9-5-7-13(15)10-11-17(16)2;11*1-2/h2*3-12H,13H2,1-2H3;2*3-12H,1-2H3;3-4,6,8,10-11H,5,7,9H2,1-2H3;11*1-2H3/q5*+1;;;;;;;;;;;. The van der Waals surface area contributed by atoms with E-state index < -0.39 is 0 Å². The zero-order valence-electron chi connectivity index (χ0n) is 78.8. The van der Waals surface area contributed by atoms with Crippen LogP contribution in [0.3, 0.4) is 0 Å². The molecule has 0 atom stereocenters. The van der Waals surface area contributed by atoms with E-state index in [0.717, 1.165) is 12.8 Å². The van der Waals surface area contributed by atoms with Crippen molar-refractivity contribution in [3.05, 3.63) is 341 Å². The van der Waals surface area contributed by atoms with Gasteiger partial charge in [-0.1, -0.05) is 316 Å².